The summed E-state index contributed by atoms with van der Waals surface area (Å²) in [6, 6.07) is 14.9. The highest BCUT2D eigenvalue weighted by Crippen LogP contribution is 2.13. The van der Waals surface area contributed by atoms with E-state index in [-0.39, 0.29) is 12.3 Å². The molecule has 0 spiro atoms. The van der Waals surface area contributed by atoms with Gasteiger partial charge in [-0.05, 0) is 37.3 Å². The highest BCUT2D eigenvalue weighted by atomic mass is 35.5. The Morgan fingerprint density at radius 3 is 2.56 bits per heavy atom. The topological polar surface area (TPSA) is 29.1 Å². The van der Waals surface area contributed by atoms with Gasteiger partial charge in [0.25, 0.3) is 0 Å². The van der Waals surface area contributed by atoms with Gasteiger partial charge in [-0.3, -0.25) is 4.79 Å². The summed E-state index contributed by atoms with van der Waals surface area (Å²) < 4.78 is 0. The Bertz CT molecular complexity index is 549. The Labute approximate surface area is 112 Å². The average molecular weight is 260 g/mol. The van der Waals surface area contributed by atoms with Gasteiger partial charge in [0.05, 0.1) is 6.54 Å². The van der Waals surface area contributed by atoms with Gasteiger partial charge in [-0.25, -0.2) is 0 Å². The Kier molecular flexibility index (Phi) is 4.00. The highest BCUT2D eigenvalue weighted by Gasteiger charge is 2.05. The number of anilines is 1. The molecule has 92 valence electrons. The zero-order valence-corrected chi connectivity index (χ0v) is 10.9. The predicted molar refractivity (Wildman–Crippen MR) is 75.5 cm³/mol. The van der Waals surface area contributed by atoms with Crippen molar-refractivity contribution in [1.82, 2.24) is 0 Å². The number of nitrogens with one attached hydrogen (secondary N) is 1. The number of carbonyl (C=O) groups is 1. The predicted octanol–water partition coefficient (Wildman–Crippen LogP) is 3.94. The minimum atomic E-state index is 0.0775. The van der Waals surface area contributed by atoms with Crippen molar-refractivity contribution in [3.63, 3.8) is 0 Å². The molecule has 0 fully saturated rings. The van der Waals surface area contributed by atoms with Crippen LogP contribution in [0.25, 0.3) is 0 Å². The Balaban J connectivity index is 1.98. The third-order valence-corrected chi connectivity index (χ3v) is 2.89. The fraction of sp³-hybridized carbons (Fsp3) is 0.133. The molecule has 1 N–H and O–H groups in total. The molecule has 0 heterocycles. The van der Waals surface area contributed by atoms with Crippen molar-refractivity contribution in [3.8, 4) is 0 Å². The maximum atomic E-state index is 11.9. The van der Waals surface area contributed by atoms with Crippen LogP contribution < -0.4 is 5.32 Å². The zero-order chi connectivity index (χ0) is 13.0. The minimum absolute atomic E-state index is 0.0775. The second-order valence-electron chi connectivity index (χ2n) is 4.15. The van der Waals surface area contributed by atoms with Gasteiger partial charge in [0.2, 0.25) is 0 Å². The van der Waals surface area contributed by atoms with Gasteiger partial charge in [0.15, 0.2) is 5.78 Å². The van der Waals surface area contributed by atoms with Crippen molar-refractivity contribution in [2.24, 2.45) is 0 Å². The van der Waals surface area contributed by atoms with E-state index in [1.54, 1.807) is 12.1 Å². The SMILES string of the molecule is Cc1cccc(C(=O)CNc2ccc(Cl)cc2)c1. The molecule has 0 aromatic heterocycles. The molecule has 0 bridgehead atoms. The van der Waals surface area contributed by atoms with Crippen molar-refractivity contribution >= 4 is 23.1 Å². The number of ketones is 1. The first-order valence-corrected chi connectivity index (χ1v) is 6.12. The summed E-state index contributed by atoms with van der Waals surface area (Å²) in [5.74, 6) is 0.0775. The number of rotatable bonds is 4. The molecule has 2 aromatic carbocycles. The second kappa shape index (κ2) is 5.69. The number of halogens is 1. The molecular weight excluding hydrogens is 246 g/mol. The quantitative estimate of drug-likeness (QED) is 0.843. The Hall–Kier alpha value is -1.80. The number of benzene rings is 2. The maximum absolute atomic E-state index is 11.9. The molecule has 2 nitrogen and oxygen atoms in total. The summed E-state index contributed by atoms with van der Waals surface area (Å²) in [6.07, 6.45) is 0. The van der Waals surface area contributed by atoms with Crippen molar-refractivity contribution < 1.29 is 4.79 Å². The lowest BCUT2D eigenvalue weighted by Gasteiger charge is -2.06. The van der Waals surface area contributed by atoms with E-state index in [1.807, 2.05) is 43.3 Å². The van der Waals surface area contributed by atoms with Gasteiger partial charge in [-0.1, -0.05) is 35.4 Å². The summed E-state index contributed by atoms with van der Waals surface area (Å²) in [7, 11) is 0. The fourth-order valence-corrected chi connectivity index (χ4v) is 1.80. The number of aryl methyl sites for hydroxylation is 1. The standard InChI is InChI=1S/C15H14ClNO/c1-11-3-2-4-12(9-11)15(18)10-17-14-7-5-13(16)6-8-14/h2-9,17H,10H2,1H3. The van der Waals surface area contributed by atoms with E-state index in [1.165, 1.54) is 0 Å². The van der Waals surface area contributed by atoms with E-state index in [4.69, 9.17) is 11.6 Å². The van der Waals surface area contributed by atoms with Crippen LogP contribution in [0.4, 0.5) is 5.69 Å². The largest absolute Gasteiger partial charge is 0.378 e. The smallest absolute Gasteiger partial charge is 0.181 e. The van der Waals surface area contributed by atoms with E-state index in [0.29, 0.717) is 5.02 Å². The van der Waals surface area contributed by atoms with Gasteiger partial charge >= 0.3 is 0 Å². The fourth-order valence-electron chi connectivity index (χ4n) is 1.67. The van der Waals surface area contributed by atoms with E-state index in [9.17, 15) is 4.79 Å². The first-order chi connectivity index (χ1) is 8.65. The molecule has 0 saturated heterocycles. The van der Waals surface area contributed by atoms with Gasteiger partial charge in [0, 0.05) is 16.3 Å². The summed E-state index contributed by atoms with van der Waals surface area (Å²) in [5, 5.41) is 3.77. The second-order valence-corrected chi connectivity index (χ2v) is 4.59. The average Bonchev–Trinajstić information content (AvgIpc) is 2.38. The lowest BCUT2D eigenvalue weighted by atomic mass is 10.1. The first-order valence-electron chi connectivity index (χ1n) is 5.74. The molecule has 0 unspecified atom stereocenters. The maximum Gasteiger partial charge on any atom is 0.181 e. The minimum Gasteiger partial charge on any atom is -0.378 e. The van der Waals surface area contributed by atoms with Crippen LogP contribution in [-0.4, -0.2) is 12.3 Å². The molecule has 3 heteroatoms. The van der Waals surface area contributed by atoms with Crippen LogP contribution in [0.5, 0.6) is 0 Å². The van der Waals surface area contributed by atoms with Crippen LogP contribution in [0, 0.1) is 6.92 Å². The molecular formula is C15H14ClNO. The molecule has 18 heavy (non-hydrogen) atoms. The van der Waals surface area contributed by atoms with E-state index < -0.39 is 0 Å². The first kappa shape index (κ1) is 12.7. The molecule has 0 saturated carbocycles. The van der Waals surface area contributed by atoms with Gasteiger partial charge < -0.3 is 5.32 Å². The van der Waals surface area contributed by atoms with E-state index >= 15 is 0 Å². The third kappa shape index (κ3) is 3.34. The molecule has 0 aliphatic heterocycles. The van der Waals surface area contributed by atoms with Crippen molar-refractivity contribution in [1.29, 1.82) is 0 Å². The highest BCUT2D eigenvalue weighted by molar-refractivity contribution is 6.30. The molecule has 0 radical (unpaired) electrons. The van der Waals surface area contributed by atoms with Crippen LogP contribution in [-0.2, 0) is 0 Å². The molecule has 0 aliphatic rings. The molecule has 2 aromatic rings. The molecule has 0 atom stereocenters. The number of hydrogen-bond donors (Lipinski definition) is 1. The summed E-state index contributed by atoms with van der Waals surface area (Å²) in [6.45, 7) is 2.26. The summed E-state index contributed by atoms with van der Waals surface area (Å²) >= 11 is 5.79. The number of hydrogen-bond acceptors (Lipinski definition) is 2. The van der Waals surface area contributed by atoms with Gasteiger partial charge in [-0.15, -0.1) is 0 Å². The van der Waals surface area contributed by atoms with E-state index in [0.717, 1.165) is 16.8 Å². The van der Waals surface area contributed by atoms with Crippen molar-refractivity contribution in [3.05, 3.63) is 64.7 Å². The van der Waals surface area contributed by atoms with Gasteiger partial charge in [-0.2, -0.15) is 0 Å². The van der Waals surface area contributed by atoms with Crippen LogP contribution in [0.3, 0.4) is 0 Å². The monoisotopic (exact) mass is 259 g/mol. The lowest BCUT2D eigenvalue weighted by molar-refractivity contribution is 0.101. The zero-order valence-electron chi connectivity index (χ0n) is 10.1. The summed E-state index contributed by atoms with van der Waals surface area (Å²) in [5.41, 5.74) is 2.71. The Morgan fingerprint density at radius 2 is 1.89 bits per heavy atom. The summed E-state index contributed by atoms with van der Waals surface area (Å²) in [4.78, 5) is 11.9. The van der Waals surface area contributed by atoms with E-state index in [2.05, 4.69) is 5.32 Å². The van der Waals surface area contributed by atoms with Crippen LogP contribution in [0.1, 0.15) is 15.9 Å². The molecule has 0 aliphatic carbocycles. The number of Topliss-reactive ketones (excluding diaryl/α,β-unsaturated/α-hetero) is 1. The normalized spacial score (nSPS) is 10.1. The Morgan fingerprint density at radius 1 is 1.17 bits per heavy atom. The van der Waals surface area contributed by atoms with Crippen molar-refractivity contribution in [2.75, 3.05) is 11.9 Å². The molecule has 2 rings (SSSR count). The third-order valence-electron chi connectivity index (χ3n) is 2.64. The number of carbonyl (C=O) groups excluding carboxylic acids is 1. The van der Waals surface area contributed by atoms with Crippen LogP contribution in [0.15, 0.2) is 48.5 Å². The van der Waals surface area contributed by atoms with Gasteiger partial charge in [0.1, 0.15) is 0 Å². The van der Waals surface area contributed by atoms with Crippen molar-refractivity contribution in [2.45, 2.75) is 6.92 Å². The van der Waals surface area contributed by atoms with Crippen LogP contribution >= 0.6 is 11.6 Å². The van der Waals surface area contributed by atoms with Crippen LogP contribution in [0.2, 0.25) is 5.02 Å². The molecule has 0 amide bonds. The lowest BCUT2D eigenvalue weighted by Crippen LogP contribution is -2.13.